The number of piperidine rings is 1. The number of hydrogen-bond donors (Lipinski definition) is 2. The van der Waals surface area contributed by atoms with Crippen molar-refractivity contribution in [1.29, 1.82) is 0 Å². The molecule has 166 valence electrons. The van der Waals surface area contributed by atoms with Gasteiger partial charge in [-0.05, 0) is 42.4 Å². The maximum Gasteiger partial charge on any atom is 0.191 e. The molecule has 30 heavy (non-hydrogen) atoms. The van der Waals surface area contributed by atoms with Gasteiger partial charge in [0.1, 0.15) is 0 Å². The number of aliphatic imine (C=N–C) groups is 1. The van der Waals surface area contributed by atoms with Gasteiger partial charge in [0.15, 0.2) is 5.96 Å². The molecule has 2 saturated heterocycles. The first-order valence-electron chi connectivity index (χ1n) is 11.7. The van der Waals surface area contributed by atoms with Crippen LogP contribution in [0, 0.1) is 11.3 Å². The Balaban J connectivity index is 1.29. The number of nitrogens with one attached hydrogen (secondary N) is 2. The molecule has 5 nitrogen and oxygen atoms in total. The highest BCUT2D eigenvalue weighted by Crippen LogP contribution is 2.52. The van der Waals surface area contributed by atoms with E-state index in [4.69, 9.17) is 4.74 Å². The standard InChI is InChI=1S/C25H40N4O/c1-24(2,3)17-7-9-19(10-8-17)29-14-11-18(12-15-29)27-23(26-6)28-21-20-13-16-30-22(20)25(21,4)5/h7-10,18,20-22H,11-16H2,1-6H3,(H2,26,27,28). The lowest BCUT2D eigenvalue weighted by atomic mass is 9.57. The van der Waals surface area contributed by atoms with E-state index in [1.807, 2.05) is 7.05 Å². The zero-order valence-electron chi connectivity index (χ0n) is 19.7. The summed E-state index contributed by atoms with van der Waals surface area (Å²) in [6, 6.07) is 10.1. The Morgan fingerprint density at radius 3 is 2.33 bits per heavy atom. The number of benzene rings is 1. The van der Waals surface area contributed by atoms with E-state index in [0.717, 1.165) is 44.9 Å². The fourth-order valence-electron chi connectivity index (χ4n) is 5.58. The summed E-state index contributed by atoms with van der Waals surface area (Å²) < 4.78 is 5.94. The molecule has 1 aromatic carbocycles. The molecule has 3 unspecified atom stereocenters. The third kappa shape index (κ3) is 4.05. The van der Waals surface area contributed by atoms with E-state index < -0.39 is 0 Å². The Morgan fingerprint density at radius 1 is 1.07 bits per heavy atom. The smallest absolute Gasteiger partial charge is 0.191 e. The minimum Gasteiger partial charge on any atom is -0.377 e. The minimum atomic E-state index is 0.168. The maximum absolute atomic E-state index is 5.94. The van der Waals surface area contributed by atoms with Gasteiger partial charge in [0.25, 0.3) is 0 Å². The van der Waals surface area contributed by atoms with Crippen LogP contribution in [0.4, 0.5) is 5.69 Å². The zero-order chi connectivity index (χ0) is 21.5. The first kappa shape index (κ1) is 21.5. The molecule has 1 aromatic rings. The van der Waals surface area contributed by atoms with Crippen molar-refractivity contribution >= 4 is 11.6 Å². The van der Waals surface area contributed by atoms with Gasteiger partial charge in [-0.3, -0.25) is 4.99 Å². The SMILES string of the molecule is CN=C(NC1CCN(c2ccc(C(C)(C)C)cc2)CC1)NC1C2CCOC2C1(C)C. The average molecular weight is 413 g/mol. The van der Waals surface area contributed by atoms with Crippen LogP contribution in [-0.4, -0.2) is 50.9 Å². The average Bonchev–Trinajstić information content (AvgIpc) is 3.18. The van der Waals surface area contributed by atoms with Crippen LogP contribution in [-0.2, 0) is 10.2 Å². The molecule has 2 aliphatic heterocycles. The van der Waals surface area contributed by atoms with Gasteiger partial charge in [0.05, 0.1) is 6.10 Å². The highest BCUT2D eigenvalue weighted by molar-refractivity contribution is 5.80. The van der Waals surface area contributed by atoms with Crippen molar-refractivity contribution in [3.63, 3.8) is 0 Å². The largest absolute Gasteiger partial charge is 0.377 e. The van der Waals surface area contributed by atoms with Crippen molar-refractivity contribution in [2.45, 2.75) is 77.5 Å². The first-order chi connectivity index (χ1) is 14.2. The molecule has 2 N–H and O–H groups in total. The van der Waals surface area contributed by atoms with Crippen molar-refractivity contribution in [2.24, 2.45) is 16.3 Å². The van der Waals surface area contributed by atoms with Gasteiger partial charge in [-0.25, -0.2) is 0 Å². The van der Waals surface area contributed by atoms with Crippen LogP contribution in [0.25, 0.3) is 0 Å². The van der Waals surface area contributed by atoms with Crippen molar-refractivity contribution in [2.75, 3.05) is 31.6 Å². The lowest BCUT2D eigenvalue weighted by molar-refractivity contribution is -0.106. The topological polar surface area (TPSA) is 48.9 Å². The number of hydrogen-bond acceptors (Lipinski definition) is 3. The normalized spacial score (nSPS) is 29.3. The van der Waals surface area contributed by atoms with E-state index in [-0.39, 0.29) is 10.8 Å². The minimum absolute atomic E-state index is 0.168. The van der Waals surface area contributed by atoms with Gasteiger partial charge in [-0.1, -0.05) is 46.8 Å². The van der Waals surface area contributed by atoms with E-state index in [1.54, 1.807) is 0 Å². The monoisotopic (exact) mass is 412 g/mol. The molecule has 1 aliphatic carbocycles. The highest BCUT2D eigenvalue weighted by atomic mass is 16.5. The summed E-state index contributed by atoms with van der Waals surface area (Å²) in [5, 5.41) is 7.42. The summed E-state index contributed by atoms with van der Waals surface area (Å²) in [6.07, 6.45) is 3.83. The number of rotatable bonds is 3. The third-order valence-electron chi connectivity index (χ3n) is 7.55. The molecular formula is C25H40N4O. The molecule has 3 fully saturated rings. The Labute approximate surface area is 182 Å². The summed E-state index contributed by atoms with van der Waals surface area (Å²) in [7, 11) is 1.88. The number of anilines is 1. The summed E-state index contributed by atoms with van der Waals surface area (Å²) >= 11 is 0. The molecule has 0 amide bonds. The number of guanidine groups is 1. The molecule has 0 aromatic heterocycles. The fraction of sp³-hybridized carbons (Fsp3) is 0.720. The number of fused-ring (bicyclic) bond motifs is 1. The molecule has 5 heteroatoms. The van der Waals surface area contributed by atoms with Crippen molar-refractivity contribution < 1.29 is 4.74 Å². The molecule has 0 bridgehead atoms. The van der Waals surface area contributed by atoms with Crippen LogP contribution in [0.15, 0.2) is 29.3 Å². The van der Waals surface area contributed by atoms with Crippen molar-refractivity contribution in [3.05, 3.63) is 29.8 Å². The zero-order valence-corrected chi connectivity index (χ0v) is 19.7. The van der Waals surface area contributed by atoms with Crippen molar-refractivity contribution in [3.8, 4) is 0 Å². The molecule has 0 radical (unpaired) electrons. The van der Waals surface area contributed by atoms with Gasteiger partial charge >= 0.3 is 0 Å². The van der Waals surface area contributed by atoms with E-state index in [1.165, 1.54) is 11.3 Å². The van der Waals surface area contributed by atoms with Crippen LogP contribution in [0.3, 0.4) is 0 Å². The van der Waals surface area contributed by atoms with E-state index in [2.05, 4.69) is 79.4 Å². The molecule has 2 heterocycles. The third-order valence-corrected chi connectivity index (χ3v) is 7.55. The second-order valence-corrected chi connectivity index (χ2v) is 11.0. The Kier molecular flexibility index (Phi) is 5.78. The highest BCUT2D eigenvalue weighted by Gasteiger charge is 2.59. The fourth-order valence-corrected chi connectivity index (χ4v) is 5.58. The Hall–Kier alpha value is -1.75. The van der Waals surface area contributed by atoms with Gasteiger partial charge in [-0.2, -0.15) is 0 Å². The summed E-state index contributed by atoms with van der Waals surface area (Å²) in [6.45, 7) is 14.5. The van der Waals surface area contributed by atoms with Crippen LogP contribution < -0.4 is 15.5 Å². The van der Waals surface area contributed by atoms with Gasteiger partial charge in [0, 0.05) is 55.8 Å². The lowest BCUT2D eigenvalue weighted by Crippen LogP contribution is -2.68. The number of ether oxygens (including phenoxy) is 1. The number of nitrogens with zero attached hydrogens (tertiary/aromatic N) is 2. The van der Waals surface area contributed by atoms with Gasteiger partial charge in [0.2, 0.25) is 0 Å². The van der Waals surface area contributed by atoms with Crippen LogP contribution in [0.1, 0.15) is 59.4 Å². The Bertz CT molecular complexity index is 756. The summed E-state index contributed by atoms with van der Waals surface area (Å²) in [5.41, 5.74) is 3.11. The van der Waals surface area contributed by atoms with Crippen LogP contribution in [0.5, 0.6) is 0 Å². The van der Waals surface area contributed by atoms with E-state index in [0.29, 0.717) is 24.1 Å². The van der Waals surface area contributed by atoms with Gasteiger partial charge in [-0.15, -0.1) is 0 Å². The molecule has 3 atom stereocenters. The first-order valence-corrected chi connectivity index (χ1v) is 11.7. The second-order valence-electron chi connectivity index (χ2n) is 11.0. The second kappa shape index (κ2) is 8.07. The molecule has 1 saturated carbocycles. The molecular weight excluding hydrogens is 372 g/mol. The van der Waals surface area contributed by atoms with E-state index >= 15 is 0 Å². The Morgan fingerprint density at radius 2 is 1.73 bits per heavy atom. The molecule has 0 spiro atoms. The summed E-state index contributed by atoms with van der Waals surface area (Å²) in [4.78, 5) is 7.04. The maximum atomic E-state index is 5.94. The molecule has 4 rings (SSSR count). The lowest BCUT2D eigenvalue weighted by Gasteiger charge is -2.55. The summed E-state index contributed by atoms with van der Waals surface area (Å²) in [5.74, 6) is 1.57. The van der Waals surface area contributed by atoms with Crippen LogP contribution >= 0.6 is 0 Å². The predicted molar refractivity (Wildman–Crippen MR) is 125 cm³/mol. The van der Waals surface area contributed by atoms with E-state index in [9.17, 15) is 0 Å². The molecule has 3 aliphatic rings. The quantitative estimate of drug-likeness (QED) is 0.583. The van der Waals surface area contributed by atoms with Gasteiger partial charge < -0.3 is 20.3 Å². The predicted octanol–water partition coefficient (Wildman–Crippen LogP) is 3.93. The van der Waals surface area contributed by atoms with Crippen molar-refractivity contribution in [1.82, 2.24) is 10.6 Å². The van der Waals surface area contributed by atoms with Crippen LogP contribution in [0.2, 0.25) is 0 Å².